The molecule has 1 aliphatic heterocycles. The van der Waals surface area contributed by atoms with E-state index in [4.69, 9.17) is 5.26 Å². The van der Waals surface area contributed by atoms with Crippen LogP contribution in [-0.4, -0.2) is 16.8 Å². The number of rotatable bonds is 1. The summed E-state index contributed by atoms with van der Waals surface area (Å²) in [5.41, 5.74) is 7.92. The van der Waals surface area contributed by atoms with E-state index in [9.17, 15) is 9.59 Å². The summed E-state index contributed by atoms with van der Waals surface area (Å²) in [6.07, 6.45) is 4.72. The zero-order valence-electron chi connectivity index (χ0n) is 15.9. The Bertz CT molecular complexity index is 1520. The number of nitriles is 1. The molecular formula is C25H15N3O2. The summed E-state index contributed by atoms with van der Waals surface area (Å²) in [4.78, 5) is 29.1. The maximum Gasteiger partial charge on any atom is 0.259 e. The van der Waals surface area contributed by atoms with E-state index in [-0.39, 0.29) is 11.8 Å². The molecule has 5 nitrogen and oxygen atoms in total. The first-order valence-electron chi connectivity index (χ1n) is 9.82. The number of aryl methyl sites for hydroxylation is 1. The number of aromatic nitrogens is 1. The Kier molecular flexibility index (Phi) is 3.30. The number of hydrogen-bond donors (Lipinski definition) is 2. The van der Waals surface area contributed by atoms with Gasteiger partial charge in [-0.05, 0) is 53.3 Å². The molecule has 2 N–H and O–H groups in total. The monoisotopic (exact) mass is 389 g/mol. The molecule has 1 aromatic heterocycles. The molecule has 0 saturated carbocycles. The molecule has 5 heteroatoms. The molecule has 0 atom stereocenters. The van der Waals surface area contributed by atoms with Crippen molar-refractivity contribution < 1.29 is 9.59 Å². The number of H-pyrrole nitrogens is 1. The predicted molar refractivity (Wildman–Crippen MR) is 115 cm³/mol. The first kappa shape index (κ1) is 16.8. The van der Waals surface area contributed by atoms with E-state index in [1.54, 1.807) is 6.08 Å². The lowest BCUT2D eigenvalue weighted by molar-refractivity contribution is 0.0880. The SMILES string of the molecule is N#C/C=C/c1ccc2[nH]c3c4c(c5c(c3c2c1)C(=O)NC5=O)CCc1ccccc1-4. The van der Waals surface area contributed by atoms with Crippen LogP contribution in [0.3, 0.4) is 0 Å². The summed E-state index contributed by atoms with van der Waals surface area (Å²) in [6.45, 7) is 0. The molecule has 1 aliphatic carbocycles. The van der Waals surface area contributed by atoms with Gasteiger partial charge in [0.2, 0.25) is 0 Å². The fourth-order valence-corrected chi connectivity index (χ4v) is 4.94. The highest BCUT2D eigenvalue weighted by molar-refractivity contribution is 6.32. The largest absolute Gasteiger partial charge is 0.354 e. The fraction of sp³-hybridized carbons (Fsp3) is 0.0800. The second kappa shape index (κ2) is 5.91. The highest BCUT2D eigenvalue weighted by atomic mass is 16.2. The first-order chi connectivity index (χ1) is 14.7. The fourth-order valence-electron chi connectivity index (χ4n) is 4.94. The van der Waals surface area contributed by atoms with Crippen LogP contribution in [0.15, 0.2) is 48.5 Å². The Balaban J connectivity index is 1.82. The molecule has 142 valence electrons. The Morgan fingerprint density at radius 1 is 0.967 bits per heavy atom. The number of amides is 2. The molecule has 0 radical (unpaired) electrons. The second-order valence-corrected chi connectivity index (χ2v) is 7.69. The first-order valence-corrected chi connectivity index (χ1v) is 9.82. The number of benzene rings is 3. The van der Waals surface area contributed by atoms with Gasteiger partial charge < -0.3 is 4.98 Å². The minimum absolute atomic E-state index is 0.317. The van der Waals surface area contributed by atoms with E-state index < -0.39 is 0 Å². The summed E-state index contributed by atoms with van der Waals surface area (Å²) in [7, 11) is 0. The molecule has 0 bridgehead atoms. The predicted octanol–water partition coefficient (Wildman–Crippen LogP) is 4.51. The Morgan fingerprint density at radius 3 is 2.67 bits per heavy atom. The number of aromatic amines is 1. The third-order valence-corrected chi connectivity index (χ3v) is 6.14. The number of hydrogen-bond acceptors (Lipinski definition) is 3. The average Bonchev–Trinajstić information content (AvgIpc) is 3.28. The summed E-state index contributed by atoms with van der Waals surface area (Å²) in [5.74, 6) is -0.664. The molecule has 30 heavy (non-hydrogen) atoms. The number of imide groups is 1. The van der Waals surface area contributed by atoms with E-state index in [1.807, 2.05) is 36.4 Å². The van der Waals surface area contributed by atoms with Gasteiger partial charge in [0.05, 0.1) is 22.7 Å². The van der Waals surface area contributed by atoms with Crippen molar-refractivity contribution in [3.63, 3.8) is 0 Å². The van der Waals surface area contributed by atoms with Crippen LogP contribution in [0.4, 0.5) is 0 Å². The van der Waals surface area contributed by atoms with Crippen molar-refractivity contribution in [1.29, 1.82) is 5.26 Å². The van der Waals surface area contributed by atoms with Crippen LogP contribution in [0, 0.1) is 11.3 Å². The van der Waals surface area contributed by atoms with Crippen LogP contribution >= 0.6 is 0 Å². The molecule has 6 rings (SSSR count). The number of carbonyl (C=O) groups is 2. The highest BCUT2D eigenvalue weighted by Crippen LogP contribution is 2.45. The van der Waals surface area contributed by atoms with E-state index in [0.29, 0.717) is 11.1 Å². The molecule has 2 heterocycles. The summed E-state index contributed by atoms with van der Waals surface area (Å²) in [5, 5.41) is 13.0. The number of fused-ring (bicyclic) bond motifs is 10. The average molecular weight is 389 g/mol. The number of nitrogens with one attached hydrogen (secondary N) is 2. The van der Waals surface area contributed by atoms with Crippen LogP contribution < -0.4 is 5.32 Å². The van der Waals surface area contributed by atoms with Crippen molar-refractivity contribution in [3.05, 3.63) is 76.4 Å². The molecular weight excluding hydrogens is 374 g/mol. The molecule has 2 aliphatic rings. The van der Waals surface area contributed by atoms with Crippen LogP contribution in [0.25, 0.3) is 39.0 Å². The van der Waals surface area contributed by atoms with Crippen molar-refractivity contribution in [3.8, 4) is 17.2 Å². The van der Waals surface area contributed by atoms with E-state index in [0.717, 1.165) is 56.9 Å². The van der Waals surface area contributed by atoms with Gasteiger partial charge in [-0.15, -0.1) is 0 Å². The maximum atomic E-state index is 12.8. The van der Waals surface area contributed by atoms with Gasteiger partial charge in [-0.2, -0.15) is 5.26 Å². The van der Waals surface area contributed by atoms with E-state index in [2.05, 4.69) is 22.4 Å². The zero-order chi connectivity index (χ0) is 20.4. The molecule has 2 amide bonds. The van der Waals surface area contributed by atoms with Crippen molar-refractivity contribution in [2.24, 2.45) is 0 Å². The quantitative estimate of drug-likeness (QED) is 0.371. The molecule has 0 spiro atoms. The van der Waals surface area contributed by atoms with E-state index in [1.165, 1.54) is 11.6 Å². The van der Waals surface area contributed by atoms with Crippen LogP contribution in [0.5, 0.6) is 0 Å². The smallest absolute Gasteiger partial charge is 0.259 e. The van der Waals surface area contributed by atoms with Gasteiger partial charge >= 0.3 is 0 Å². The van der Waals surface area contributed by atoms with Crippen LogP contribution in [0.1, 0.15) is 37.4 Å². The Labute approximate surface area is 171 Å². The summed E-state index contributed by atoms with van der Waals surface area (Å²) < 4.78 is 0. The normalized spacial score (nSPS) is 14.6. The second-order valence-electron chi connectivity index (χ2n) is 7.69. The number of allylic oxidation sites excluding steroid dienone is 1. The lowest BCUT2D eigenvalue weighted by atomic mass is 9.80. The van der Waals surface area contributed by atoms with Gasteiger partial charge in [-0.1, -0.05) is 30.3 Å². The van der Waals surface area contributed by atoms with Gasteiger partial charge in [-0.3, -0.25) is 14.9 Å². The molecule has 0 unspecified atom stereocenters. The molecule has 4 aromatic rings. The minimum Gasteiger partial charge on any atom is -0.354 e. The van der Waals surface area contributed by atoms with Crippen LogP contribution in [-0.2, 0) is 12.8 Å². The van der Waals surface area contributed by atoms with Gasteiger partial charge in [0.15, 0.2) is 0 Å². The standard InChI is InChI=1S/C25H15N3O2/c26-11-3-4-13-7-10-18-17(12-13)20-22-21(24(29)28-25(22)30)16-9-8-14-5-1-2-6-15(14)19(16)23(20)27-18/h1-7,10,12,27H,8-9H2,(H,28,29,30)/b4-3+. The van der Waals surface area contributed by atoms with Crippen molar-refractivity contribution in [1.82, 2.24) is 10.3 Å². The van der Waals surface area contributed by atoms with Crippen molar-refractivity contribution in [2.45, 2.75) is 12.8 Å². The zero-order valence-corrected chi connectivity index (χ0v) is 15.9. The molecule has 0 fully saturated rings. The minimum atomic E-state index is -0.347. The lowest BCUT2D eigenvalue weighted by Crippen LogP contribution is -2.20. The Hall–Kier alpha value is -4.17. The molecule has 0 saturated heterocycles. The topological polar surface area (TPSA) is 85.8 Å². The van der Waals surface area contributed by atoms with Gasteiger partial charge in [0, 0.05) is 27.9 Å². The van der Waals surface area contributed by atoms with Crippen molar-refractivity contribution >= 4 is 39.7 Å². The third kappa shape index (κ3) is 2.10. The Morgan fingerprint density at radius 2 is 1.80 bits per heavy atom. The number of carbonyl (C=O) groups excluding carboxylic acids is 2. The summed E-state index contributed by atoms with van der Waals surface area (Å²) in [6, 6.07) is 16.1. The molecule has 3 aromatic carbocycles. The summed E-state index contributed by atoms with van der Waals surface area (Å²) >= 11 is 0. The maximum absolute atomic E-state index is 12.8. The van der Waals surface area contributed by atoms with Gasteiger partial charge in [0.25, 0.3) is 11.8 Å². The van der Waals surface area contributed by atoms with Crippen LogP contribution in [0.2, 0.25) is 0 Å². The van der Waals surface area contributed by atoms with E-state index >= 15 is 0 Å². The number of nitrogens with zero attached hydrogens (tertiary/aromatic N) is 1. The lowest BCUT2D eigenvalue weighted by Gasteiger charge is -2.22. The van der Waals surface area contributed by atoms with Gasteiger partial charge in [0.1, 0.15) is 0 Å². The third-order valence-electron chi connectivity index (χ3n) is 6.14. The van der Waals surface area contributed by atoms with Gasteiger partial charge in [-0.25, -0.2) is 0 Å². The highest BCUT2D eigenvalue weighted by Gasteiger charge is 2.37. The van der Waals surface area contributed by atoms with Crippen molar-refractivity contribution in [2.75, 3.05) is 0 Å².